The lowest BCUT2D eigenvalue weighted by Gasteiger charge is -2.35. The third-order valence-corrected chi connectivity index (χ3v) is 8.35. The Balaban J connectivity index is 6.38. The van der Waals surface area contributed by atoms with Gasteiger partial charge in [0.25, 0.3) is 0 Å². The molecule has 0 aliphatic heterocycles. The molecular weight excluding hydrogens is 405 g/mol. The number of hydrogen-bond donors (Lipinski definition) is 3. The highest BCUT2D eigenvalue weighted by Gasteiger charge is 2.72. The van der Waals surface area contributed by atoms with Crippen molar-refractivity contribution in [2.75, 3.05) is 26.4 Å². The van der Waals surface area contributed by atoms with E-state index in [-0.39, 0.29) is 6.61 Å². The summed E-state index contributed by atoms with van der Waals surface area (Å²) in [5.74, 6) is -2.10. The third kappa shape index (κ3) is 5.68. The first kappa shape index (κ1) is 24.9. The van der Waals surface area contributed by atoms with E-state index >= 15 is 0 Å². The first-order chi connectivity index (χ1) is 11.4. The van der Waals surface area contributed by atoms with Gasteiger partial charge in [-0.25, -0.2) is 9.36 Å². The monoisotopic (exact) mass is 428 g/mol. The van der Waals surface area contributed by atoms with Crippen LogP contribution in [0.2, 0.25) is 0 Å². The standard InChI is InChI=1S/C10H23O12P3/c1-5-18-10(23(12,13)19-6-2,24(14,15)20-7-3)9(11)22-25(16,17)21-8-4/h5-8H2,1-4H3,(H,12,13)(H,14,15)(H,16,17). The number of hydrogen-bond acceptors (Lipinski definition) is 9. The van der Waals surface area contributed by atoms with Gasteiger partial charge in [0.2, 0.25) is 0 Å². The fourth-order valence-electron chi connectivity index (χ4n) is 1.69. The molecule has 0 aliphatic rings. The average Bonchev–Trinajstić information content (AvgIpc) is 2.42. The van der Waals surface area contributed by atoms with Gasteiger partial charge in [-0.05, 0) is 27.7 Å². The van der Waals surface area contributed by atoms with Crippen LogP contribution in [0.1, 0.15) is 27.7 Å². The number of phosphoric acid groups is 1. The summed E-state index contributed by atoms with van der Waals surface area (Å²) in [7, 11) is -15.8. The lowest BCUT2D eigenvalue weighted by atomic mass is 10.7. The van der Waals surface area contributed by atoms with Crippen molar-refractivity contribution in [3.05, 3.63) is 0 Å². The zero-order valence-corrected chi connectivity index (χ0v) is 16.9. The largest absolute Gasteiger partial charge is 0.529 e. The van der Waals surface area contributed by atoms with E-state index in [1.165, 1.54) is 27.7 Å². The summed E-state index contributed by atoms with van der Waals surface area (Å²) in [6.07, 6.45) is 0. The maximum absolute atomic E-state index is 12.5. The molecule has 0 aromatic heterocycles. The first-order valence-corrected chi connectivity index (χ1v) is 11.8. The van der Waals surface area contributed by atoms with Crippen molar-refractivity contribution in [2.45, 2.75) is 32.8 Å². The van der Waals surface area contributed by atoms with Crippen molar-refractivity contribution in [1.82, 2.24) is 0 Å². The number of phosphoric ester groups is 1. The zero-order chi connectivity index (χ0) is 19.9. The van der Waals surface area contributed by atoms with Gasteiger partial charge in [-0.15, -0.1) is 0 Å². The minimum absolute atomic E-state index is 0.354. The number of carbonyl (C=O) groups is 1. The molecule has 3 unspecified atom stereocenters. The van der Waals surface area contributed by atoms with Crippen LogP contribution in [0.3, 0.4) is 0 Å². The van der Waals surface area contributed by atoms with Crippen LogP contribution in [-0.2, 0) is 41.3 Å². The van der Waals surface area contributed by atoms with Gasteiger partial charge < -0.3 is 28.1 Å². The normalized spacial score (nSPS) is 21.4. The Morgan fingerprint density at radius 1 is 0.800 bits per heavy atom. The minimum atomic E-state index is -5.39. The molecule has 0 amide bonds. The molecule has 0 saturated heterocycles. The van der Waals surface area contributed by atoms with Crippen LogP contribution in [0.25, 0.3) is 0 Å². The van der Waals surface area contributed by atoms with Crippen LogP contribution in [0.4, 0.5) is 0 Å². The second-order valence-electron chi connectivity index (χ2n) is 4.18. The lowest BCUT2D eigenvalue weighted by Crippen LogP contribution is -2.43. The predicted molar refractivity (Wildman–Crippen MR) is 84.8 cm³/mol. The van der Waals surface area contributed by atoms with Crippen molar-refractivity contribution in [2.24, 2.45) is 0 Å². The van der Waals surface area contributed by atoms with Crippen molar-refractivity contribution >= 4 is 29.0 Å². The van der Waals surface area contributed by atoms with E-state index in [1.807, 2.05) is 0 Å². The number of ether oxygens (including phenoxy) is 1. The highest BCUT2D eigenvalue weighted by atomic mass is 31.2. The fraction of sp³-hybridized carbons (Fsp3) is 0.900. The predicted octanol–water partition coefficient (Wildman–Crippen LogP) is 1.80. The molecule has 0 aliphatic carbocycles. The second kappa shape index (κ2) is 9.71. The van der Waals surface area contributed by atoms with Gasteiger partial charge >= 0.3 is 34.1 Å². The van der Waals surface area contributed by atoms with Gasteiger partial charge in [0, 0.05) is 6.61 Å². The Hall–Kier alpha value is -0.120. The molecule has 0 aromatic rings. The Morgan fingerprint density at radius 3 is 1.52 bits per heavy atom. The Morgan fingerprint density at radius 2 is 1.20 bits per heavy atom. The quantitative estimate of drug-likeness (QED) is 0.385. The molecule has 0 bridgehead atoms. The van der Waals surface area contributed by atoms with Gasteiger partial charge in [-0.3, -0.25) is 18.5 Å². The lowest BCUT2D eigenvalue weighted by molar-refractivity contribution is -0.149. The highest BCUT2D eigenvalue weighted by Crippen LogP contribution is 2.75. The molecule has 3 N–H and O–H groups in total. The van der Waals surface area contributed by atoms with E-state index < -0.39 is 53.9 Å². The zero-order valence-electron chi connectivity index (χ0n) is 14.2. The fourth-order valence-corrected chi connectivity index (χ4v) is 6.36. The van der Waals surface area contributed by atoms with Crippen LogP contribution in [0, 0.1) is 0 Å². The summed E-state index contributed by atoms with van der Waals surface area (Å²) in [5, 5.41) is -3.59. The van der Waals surface area contributed by atoms with Crippen molar-refractivity contribution in [3.63, 3.8) is 0 Å². The smallest absolute Gasteiger partial charge is 0.367 e. The minimum Gasteiger partial charge on any atom is -0.367 e. The number of carbonyl (C=O) groups excluding carboxylic acids is 1. The summed E-state index contributed by atoms with van der Waals surface area (Å²) in [5.41, 5.74) is 0. The third-order valence-electron chi connectivity index (χ3n) is 2.48. The van der Waals surface area contributed by atoms with Gasteiger partial charge in [0.1, 0.15) is 0 Å². The molecule has 3 atom stereocenters. The SMILES string of the molecule is CCOC(C(=O)OP(=O)(O)OCC)(P(=O)(O)OCC)P(=O)(O)OCC. The van der Waals surface area contributed by atoms with Gasteiger partial charge in [-0.2, -0.15) is 0 Å². The molecule has 0 aromatic carbocycles. The van der Waals surface area contributed by atoms with E-state index in [0.29, 0.717) is 0 Å². The first-order valence-electron chi connectivity index (χ1n) is 7.17. The topological polar surface area (TPSA) is 175 Å². The van der Waals surface area contributed by atoms with Gasteiger partial charge in [0.05, 0.1) is 19.8 Å². The average molecular weight is 428 g/mol. The van der Waals surface area contributed by atoms with E-state index in [0.717, 1.165) is 0 Å². The van der Waals surface area contributed by atoms with Crippen molar-refractivity contribution in [3.8, 4) is 0 Å². The molecule has 12 nitrogen and oxygen atoms in total. The summed E-state index contributed by atoms with van der Waals surface area (Å²) >= 11 is 0. The van der Waals surface area contributed by atoms with E-state index in [4.69, 9.17) is 4.74 Å². The maximum Gasteiger partial charge on any atom is 0.529 e. The summed E-state index contributed by atoms with van der Waals surface area (Å²) in [6, 6.07) is 0. The van der Waals surface area contributed by atoms with E-state index in [2.05, 4.69) is 18.1 Å². The van der Waals surface area contributed by atoms with Crippen molar-refractivity contribution in [1.29, 1.82) is 0 Å². The maximum atomic E-state index is 12.5. The van der Waals surface area contributed by atoms with Crippen LogP contribution in [0.15, 0.2) is 0 Å². The molecule has 0 radical (unpaired) electrons. The van der Waals surface area contributed by atoms with E-state index in [9.17, 15) is 33.2 Å². The Kier molecular flexibility index (Phi) is 9.66. The van der Waals surface area contributed by atoms with Crippen LogP contribution in [-0.4, -0.2) is 52.2 Å². The second-order valence-corrected chi connectivity index (χ2v) is 9.77. The summed E-state index contributed by atoms with van der Waals surface area (Å²) < 4.78 is 59.0. The molecule has 25 heavy (non-hydrogen) atoms. The van der Waals surface area contributed by atoms with Gasteiger partial charge in [-0.1, -0.05) is 0 Å². The van der Waals surface area contributed by atoms with Crippen molar-refractivity contribution < 1.29 is 56.0 Å². The Bertz CT molecular complexity index is 564. The summed E-state index contributed by atoms with van der Waals surface area (Å²) in [4.78, 5) is 42.0. The molecule has 0 fully saturated rings. The molecule has 0 heterocycles. The molecule has 0 rings (SSSR count). The molecule has 0 spiro atoms. The molecule has 150 valence electrons. The molecular formula is C10H23O12P3. The van der Waals surface area contributed by atoms with E-state index in [1.54, 1.807) is 0 Å². The highest BCUT2D eigenvalue weighted by molar-refractivity contribution is 7.74. The van der Waals surface area contributed by atoms with Gasteiger partial charge in [0.15, 0.2) is 0 Å². The molecule has 0 saturated carbocycles. The number of rotatable bonds is 12. The summed E-state index contributed by atoms with van der Waals surface area (Å²) in [6.45, 7) is 3.29. The van der Waals surface area contributed by atoms with Crippen LogP contribution in [0.5, 0.6) is 0 Å². The van der Waals surface area contributed by atoms with Crippen LogP contribution >= 0.6 is 23.0 Å². The Labute approximate surface area is 145 Å². The molecule has 15 heteroatoms. The van der Waals surface area contributed by atoms with Crippen LogP contribution < -0.4 is 0 Å².